The van der Waals surface area contributed by atoms with Crippen molar-refractivity contribution in [1.29, 1.82) is 0 Å². The molecular formula is C67H50N2S3. The standard InChI is InChI=1S/C67H50N2S3/c1-5-14-48(15-6-1)52-22-34-58(35-23-52)68(59-36-24-53(25-37-59)49-16-7-2-8-17-49)62-42-30-56(31-43-62)64-66-67(71-47-13-46-70-66)65(72-64)57-32-44-63(45-33-57)69(60-38-26-54(27-39-60)50-18-9-3-10-19-50)61-40-28-55(29-41-61)51-20-11-4-12-21-51/h1-12,14-45H,13,46-47H2. The lowest BCUT2D eigenvalue weighted by molar-refractivity contribution is 1.13. The van der Waals surface area contributed by atoms with Crippen molar-refractivity contribution in [1.82, 2.24) is 0 Å². The summed E-state index contributed by atoms with van der Waals surface area (Å²) in [6.45, 7) is 0. The van der Waals surface area contributed by atoms with Gasteiger partial charge in [-0.25, -0.2) is 0 Å². The zero-order valence-corrected chi connectivity index (χ0v) is 42.1. The number of fused-ring (bicyclic) bond motifs is 1. The van der Waals surface area contributed by atoms with E-state index in [1.807, 2.05) is 34.9 Å². The molecule has 12 rings (SSSR count). The third-order valence-corrected chi connectivity index (χ3v) is 17.4. The Morgan fingerprint density at radius 1 is 0.222 bits per heavy atom. The van der Waals surface area contributed by atoms with Crippen molar-refractivity contribution in [3.63, 3.8) is 0 Å². The number of thioether (sulfide) groups is 2. The summed E-state index contributed by atoms with van der Waals surface area (Å²) in [5.74, 6) is 2.24. The van der Waals surface area contributed by atoms with Gasteiger partial charge >= 0.3 is 0 Å². The Kier molecular flexibility index (Phi) is 13.2. The summed E-state index contributed by atoms with van der Waals surface area (Å²) in [6.07, 6.45) is 1.19. The highest BCUT2D eigenvalue weighted by atomic mass is 32.2. The molecule has 0 amide bonds. The maximum absolute atomic E-state index is 2.37. The van der Waals surface area contributed by atoms with E-state index < -0.39 is 0 Å². The highest BCUT2D eigenvalue weighted by Gasteiger charge is 2.24. The minimum Gasteiger partial charge on any atom is -0.311 e. The Bertz CT molecular complexity index is 3120. The summed E-state index contributed by atoms with van der Waals surface area (Å²) in [4.78, 5) is 10.3. The van der Waals surface area contributed by atoms with Gasteiger partial charge in [0.2, 0.25) is 0 Å². The molecule has 0 aliphatic carbocycles. The molecule has 0 radical (unpaired) electrons. The quantitative estimate of drug-likeness (QED) is 0.120. The molecule has 0 spiro atoms. The van der Waals surface area contributed by atoms with Gasteiger partial charge in [-0.15, -0.1) is 34.9 Å². The van der Waals surface area contributed by atoms with Crippen LogP contribution in [-0.2, 0) is 0 Å². The van der Waals surface area contributed by atoms with Crippen LogP contribution in [0, 0.1) is 0 Å². The van der Waals surface area contributed by atoms with E-state index in [-0.39, 0.29) is 0 Å². The molecule has 0 saturated heterocycles. The molecule has 0 fully saturated rings. The van der Waals surface area contributed by atoms with Gasteiger partial charge in [0.05, 0.1) is 0 Å². The van der Waals surface area contributed by atoms with Gasteiger partial charge < -0.3 is 9.80 Å². The number of anilines is 6. The average Bonchev–Trinajstić information content (AvgIpc) is 3.65. The summed E-state index contributed by atoms with van der Waals surface area (Å²) in [7, 11) is 0. The molecule has 5 heteroatoms. The molecule has 72 heavy (non-hydrogen) atoms. The number of hydrogen-bond acceptors (Lipinski definition) is 5. The SMILES string of the molecule is c1ccc(-c2ccc(N(c3ccc(-c4ccccc4)cc3)c3ccc(-c4sc(-c5ccc(N(c6ccc(-c7ccccc7)cc6)c6ccc(-c7ccccc7)cc6)cc5)c5c4SCCCS5)cc3)cc2)cc1. The van der Waals surface area contributed by atoms with Crippen molar-refractivity contribution in [2.45, 2.75) is 16.2 Å². The number of nitrogens with zero attached hydrogens (tertiary/aromatic N) is 2. The van der Waals surface area contributed by atoms with Gasteiger partial charge in [-0.2, -0.15) is 0 Å². The van der Waals surface area contributed by atoms with Crippen LogP contribution in [0.25, 0.3) is 65.4 Å². The van der Waals surface area contributed by atoms with Gasteiger partial charge in [0.1, 0.15) is 0 Å². The molecule has 0 saturated carbocycles. The minimum atomic E-state index is 1.12. The Morgan fingerprint density at radius 3 is 0.667 bits per heavy atom. The Morgan fingerprint density at radius 2 is 0.431 bits per heavy atom. The third kappa shape index (κ3) is 9.55. The Balaban J connectivity index is 0.878. The van der Waals surface area contributed by atoms with E-state index in [0.717, 1.165) is 45.6 Å². The number of rotatable bonds is 12. The molecule has 11 aromatic rings. The fourth-order valence-corrected chi connectivity index (χ4v) is 13.9. The van der Waals surface area contributed by atoms with Crippen LogP contribution < -0.4 is 9.80 Å². The van der Waals surface area contributed by atoms with Crippen LogP contribution in [0.1, 0.15) is 6.42 Å². The fourth-order valence-electron chi connectivity index (χ4n) is 9.60. The van der Waals surface area contributed by atoms with Crippen molar-refractivity contribution in [2.24, 2.45) is 0 Å². The van der Waals surface area contributed by atoms with Crippen LogP contribution in [0.4, 0.5) is 34.1 Å². The second kappa shape index (κ2) is 20.9. The topological polar surface area (TPSA) is 6.48 Å². The lowest BCUT2D eigenvalue weighted by atomic mass is 10.0. The highest BCUT2D eigenvalue weighted by Crippen LogP contribution is 2.53. The molecule has 346 valence electrons. The first-order chi connectivity index (χ1) is 35.7. The predicted molar refractivity (Wildman–Crippen MR) is 312 cm³/mol. The molecular weight excluding hydrogens is 929 g/mol. The molecule has 1 aromatic heterocycles. The predicted octanol–water partition coefficient (Wildman–Crippen LogP) is 20.3. The zero-order valence-electron chi connectivity index (χ0n) is 39.6. The molecule has 1 aliphatic heterocycles. The minimum absolute atomic E-state index is 1.12. The molecule has 2 heterocycles. The second-order valence-electron chi connectivity index (χ2n) is 17.9. The van der Waals surface area contributed by atoms with Crippen LogP contribution >= 0.6 is 34.9 Å². The summed E-state index contributed by atoms with van der Waals surface area (Å²) in [5.41, 5.74) is 18.9. The van der Waals surface area contributed by atoms with E-state index in [0.29, 0.717) is 0 Å². The number of thiophene rings is 1. The van der Waals surface area contributed by atoms with Crippen molar-refractivity contribution in [3.8, 4) is 65.4 Å². The van der Waals surface area contributed by atoms with Gasteiger partial charge in [-0.3, -0.25) is 0 Å². The van der Waals surface area contributed by atoms with Crippen LogP contribution in [0.2, 0.25) is 0 Å². The van der Waals surface area contributed by atoms with Gasteiger partial charge in [-0.05, 0) is 146 Å². The van der Waals surface area contributed by atoms with E-state index in [9.17, 15) is 0 Å². The van der Waals surface area contributed by atoms with Crippen LogP contribution in [0.5, 0.6) is 0 Å². The van der Waals surface area contributed by atoms with Crippen molar-refractivity contribution in [2.75, 3.05) is 21.3 Å². The molecule has 0 atom stereocenters. The maximum atomic E-state index is 2.37. The molecule has 1 aliphatic rings. The monoisotopic (exact) mass is 978 g/mol. The molecule has 0 unspecified atom stereocenters. The lowest BCUT2D eigenvalue weighted by Crippen LogP contribution is -2.09. The van der Waals surface area contributed by atoms with Crippen LogP contribution in [0.15, 0.2) is 277 Å². The van der Waals surface area contributed by atoms with Crippen molar-refractivity contribution < 1.29 is 0 Å². The molecule has 2 nitrogen and oxygen atoms in total. The second-order valence-corrected chi connectivity index (χ2v) is 21.1. The van der Waals surface area contributed by atoms with E-state index in [4.69, 9.17) is 0 Å². The number of benzene rings is 10. The maximum Gasteiger partial charge on any atom is 0.0497 e. The zero-order chi connectivity index (χ0) is 48.1. The Hall–Kier alpha value is -7.80. The molecule has 10 aromatic carbocycles. The highest BCUT2D eigenvalue weighted by molar-refractivity contribution is 8.03. The van der Waals surface area contributed by atoms with Crippen molar-refractivity contribution in [3.05, 3.63) is 267 Å². The van der Waals surface area contributed by atoms with E-state index in [1.165, 1.54) is 81.6 Å². The van der Waals surface area contributed by atoms with E-state index in [2.05, 4.69) is 277 Å². The lowest BCUT2D eigenvalue weighted by Gasteiger charge is -2.26. The third-order valence-electron chi connectivity index (χ3n) is 13.3. The first-order valence-corrected chi connectivity index (χ1v) is 27.3. The van der Waals surface area contributed by atoms with E-state index in [1.54, 1.807) is 0 Å². The van der Waals surface area contributed by atoms with Crippen LogP contribution in [0.3, 0.4) is 0 Å². The summed E-state index contributed by atoms with van der Waals surface area (Å²) < 4.78 is 0. The fraction of sp³-hybridized carbons (Fsp3) is 0.0448. The molecule has 0 bridgehead atoms. The average molecular weight is 979 g/mol. The number of hydrogen-bond donors (Lipinski definition) is 0. The van der Waals surface area contributed by atoms with Gasteiger partial charge in [0.25, 0.3) is 0 Å². The van der Waals surface area contributed by atoms with Gasteiger partial charge in [-0.1, -0.05) is 194 Å². The van der Waals surface area contributed by atoms with E-state index >= 15 is 0 Å². The van der Waals surface area contributed by atoms with Crippen molar-refractivity contribution >= 4 is 69.0 Å². The normalized spacial score (nSPS) is 12.2. The summed E-state index contributed by atoms with van der Waals surface area (Å²) >= 11 is 5.98. The largest absolute Gasteiger partial charge is 0.311 e. The van der Waals surface area contributed by atoms with Crippen LogP contribution in [-0.4, -0.2) is 11.5 Å². The smallest absolute Gasteiger partial charge is 0.0497 e. The Labute approximate surface area is 435 Å². The first kappa shape index (κ1) is 45.3. The molecule has 0 N–H and O–H groups in total. The summed E-state index contributed by atoms with van der Waals surface area (Å²) in [6, 6.07) is 96.8. The first-order valence-electron chi connectivity index (χ1n) is 24.6. The van der Waals surface area contributed by atoms with Gasteiger partial charge in [0, 0.05) is 53.7 Å². The van der Waals surface area contributed by atoms with Gasteiger partial charge in [0.15, 0.2) is 0 Å². The summed E-state index contributed by atoms with van der Waals surface area (Å²) in [5, 5.41) is 0.